The van der Waals surface area contributed by atoms with E-state index in [4.69, 9.17) is 17.0 Å². The van der Waals surface area contributed by atoms with Crippen molar-refractivity contribution in [2.24, 2.45) is 0 Å². The number of rotatable bonds is 7. The highest BCUT2D eigenvalue weighted by molar-refractivity contribution is 7.92. The van der Waals surface area contributed by atoms with Gasteiger partial charge in [-0.05, 0) is 73.7 Å². The summed E-state index contributed by atoms with van der Waals surface area (Å²) in [5, 5.41) is 3.10. The molecule has 10 heteroatoms. The van der Waals surface area contributed by atoms with E-state index >= 15 is 0 Å². The molecule has 0 aliphatic rings. The van der Waals surface area contributed by atoms with Gasteiger partial charge in [0.15, 0.2) is 5.11 Å². The van der Waals surface area contributed by atoms with Gasteiger partial charge in [0.1, 0.15) is 5.75 Å². The van der Waals surface area contributed by atoms with Gasteiger partial charge in [-0.3, -0.25) is 20.4 Å². The van der Waals surface area contributed by atoms with Crippen molar-refractivity contribution in [1.82, 2.24) is 10.9 Å². The van der Waals surface area contributed by atoms with E-state index in [-0.39, 0.29) is 15.6 Å². The molecule has 0 saturated heterocycles. The summed E-state index contributed by atoms with van der Waals surface area (Å²) in [4.78, 5) is 12.4. The molecule has 0 fully saturated rings. The summed E-state index contributed by atoms with van der Waals surface area (Å²) < 4.78 is 33.3. The SMILES string of the molecule is CCOc1ccc(NS(=O)(=O)c2cccc(C(=O)NNC(=S)Nc3ccccc3)c2)cc1. The Bertz CT molecular complexity index is 1180. The lowest BCUT2D eigenvalue weighted by Crippen LogP contribution is -2.43. The third-order valence-corrected chi connectivity index (χ3v) is 5.73. The van der Waals surface area contributed by atoms with E-state index in [2.05, 4.69) is 20.9 Å². The molecule has 0 saturated carbocycles. The first-order valence-electron chi connectivity index (χ1n) is 9.65. The molecular weight excluding hydrogens is 448 g/mol. The third kappa shape index (κ3) is 6.43. The monoisotopic (exact) mass is 470 g/mol. The predicted octanol–water partition coefficient (Wildman–Crippen LogP) is 3.52. The average Bonchev–Trinajstić information content (AvgIpc) is 2.79. The highest BCUT2D eigenvalue weighted by Crippen LogP contribution is 2.20. The van der Waals surface area contributed by atoms with Crippen LogP contribution < -0.4 is 25.6 Å². The van der Waals surface area contributed by atoms with Gasteiger partial charge in [-0.15, -0.1) is 0 Å². The van der Waals surface area contributed by atoms with Crippen molar-refractivity contribution < 1.29 is 17.9 Å². The number of benzene rings is 3. The van der Waals surface area contributed by atoms with E-state index < -0.39 is 15.9 Å². The number of hydrazine groups is 1. The maximum atomic E-state index is 12.7. The van der Waals surface area contributed by atoms with Crippen LogP contribution in [0.1, 0.15) is 17.3 Å². The van der Waals surface area contributed by atoms with Crippen LogP contribution in [0.15, 0.2) is 83.8 Å². The lowest BCUT2D eigenvalue weighted by Gasteiger charge is -2.12. The predicted molar refractivity (Wildman–Crippen MR) is 128 cm³/mol. The summed E-state index contributed by atoms with van der Waals surface area (Å²) in [6, 6.07) is 21.4. The molecule has 4 N–H and O–H groups in total. The summed E-state index contributed by atoms with van der Waals surface area (Å²) in [6.07, 6.45) is 0. The molecule has 0 heterocycles. The molecule has 3 rings (SSSR count). The summed E-state index contributed by atoms with van der Waals surface area (Å²) in [5.74, 6) is 0.0987. The Labute approximate surface area is 192 Å². The highest BCUT2D eigenvalue weighted by Gasteiger charge is 2.17. The molecular formula is C22H22N4O4S2. The van der Waals surface area contributed by atoms with Crippen LogP contribution >= 0.6 is 12.2 Å². The molecule has 0 spiro atoms. The molecule has 0 aliphatic carbocycles. The maximum Gasteiger partial charge on any atom is 0.269 e. The number of ether oxygens (including phenoxy) is 1. The Morgan fingerprint density at radius 2 is 1.62 bits per heavy atom. The van der Waals surface area contributed by atoms with Crippen LogP contribution in [-0.4, -0.2) is 26.0 Å². The van der Waals surface area contributed by atoms with Gasteiger partial charge >= 0.3 is 0 Å². The second-order valence-corrected chi connectivity index (χ2v) is 8.58. The van der Waals surface area contributed by atoms with E-state index in [1.165, 1.54) is 24.3 Å². The Morgan fingerprint density at radius 3 is 2.31 bits per heavy atom. The number of thiocarbonyl (C=S) groups is 1. The minimum atomic E-state index is -3.90. The number of carbonyl (C=O) groups excluding carboxylic acids is 1. The standard InChI is InChI=1S/C22H22N4O4S2/c1-2-30-19-13-11-18(12-14-19)26-32(28,29)20-10-6-7-16(15-20)21(27)24-25-22(31)23-17-8-4-3-5-9-17/h3-15,26H,2H2,1H3,(H,24,27)(H2,23,25,31). The molecule has 0 radical (unpaired) electrons. The molecule has 8 nitrogen and oxygen atoms in total. The van der Waals surface area contributed by atoms with E-state index in [1.54, 1.807) is 24.3 Å². The maximum absolute atomic E-state index is 12.7. The van der Waals surface area contributed by atoms with E-state index in [1.807, 2.05) is 37.3 Å². The van der Waals surface area contributed by atoms with Crippen molar-refractivity contribution in [2.75, 3.05) is 16.6 Å². The summed E-state index contributed by atoms with van der Waals surface area (Å²) in [6.45, 7) is 2.38. The van der Waals surface area contributed by atoms with Crippen molar-refractivity contribution in [1.29, 1.82) is 0 Å². The molecule has 0 bridgehead atoms. The van der Waals surface area contributed by atoms with E-state index in [0.717, 1.165) is 5.69 Å². The minimum absolute atomic E-state index is 0.0518. The Balaban J connectivity index is 1.63. The summed E-state index contributed by atoms with van der Waals surface area (Å²) in [7, 11) is -3.90. The van der Waals surface area contributed by atoms with Gasteiger partial charge in [0.25, 0.3) is 15.9 Å². The molecule has 32 heavy (non-hydrogen) atoms. The molecule has 0 aliphatic heterocycles. The number of anilines is 2. The van der Waals surface area contributed by atoms with Crippen molar-refractivity contribution in [3.63, 3.8) is 0 Å². The van der Waals surface area contributed by atoms with Crippen molar-refractivity contribution in [2.45, 2.75) is 11.8 Å². The fraction of sp³-hybridized carbons (Fsp3) is 0.0909. The number of para-hydroxylation sites is 1. The molecule has 166 valence electrons. The molecule has 0 atom stereocenters. The van der Waals surface area contributed by atoms with Crippen LogP contribution in [-0.2, 0) is 10.0 Å². The number of sulfonamides is 1. The Morgan fingerprint density at radius 1 is 0.906 bits per heavy atom. The van der Waals surface area contributed by atoms with Crippen LogP contribution in [0.4, 0.5) is 11.4 Å². The minimum Gasteiger partial charge on any atom is -0.494 e. The fourth-order valence-corrected chi connectivity index (χ4v) is 3.95. The summed E-state index contributed by atoms with van der Waals surface area (Å²) in [5.41, 5.74) is 6.31. The van der Waals surface area contributed by atoms with Crippen LogP contribution in [0.25, 0.3) is 0 Å². The molecule has 3 aromatic carbocycles. The third-order valence-electron chi connectivity index (χ3n) is 4.15. The number of amides is 1. The normalized spacial score (nSPS) is 10.7. The number of nitrogens with one attached hydrogen (secondary N) is 4. The largest absolute Gasteiger partial charge is 0.494 e. The van der Waals surface area contributed by atoms with Gasteiger partial charge < -0.3 is 10.1 Å². The zero-order valence-electron chi connectivity index (χ0n) is 17.2. The molecule has 3 aromatic rings. The van der Waals surface area contributed by atoms with Gasteiger partial charge in [0, 0.05) is 16.9 Å². The first-order valence-corrected chi connectivity index (χ1v) is 11.5. The second kappa shape index (κ2) is 10.6. The van der Waals surface area contributed by atoms with E-state index in [0.29, 0.717) is 18.0 Å². The first kappa shape index (κ1) is 23.0. The molecule has 0 aromatic heterocycles. The lowest BCUT2D eigenvalue weighted by molar-refractivity contribution is 0.0944. The van der Waals surface area contributed by atoms with Crippen molar-refractivity contribution in [3.05, 3.63) is 84.4 Å². The van der Waals surface area contributed by atoms with Crippen LogP contribution in [0.2, 0.25) is 0 Å². The average molecular weight is 471 g/mol. The second-order valence-electron chi connectivity index (χ2n) is 6.49. The smallest absolute Gasteiger partial charge is 0.269 e. The number of carbonyl (C=O) groups is 1. The topological polar surface area (TPSA) is 109 Å². The lowest BCUT2D eigenvalue weighted by atomic mass is 10.2. The van der Waals surface area contributed by atoms with Gasteiger partial charge in [-0.1, -0.05) is 24.3 Å². The molecule has 0 unspecified atom stereocenters. The Hall–Kier alpha value is -3.63. The van der Waals surface area contributed by atoms with Crippen LogP contribution in [0, 0.1) is 0 Å². The van der Waals surface area contributed by atoms with Crippen LogP contribution in [0.5, 0.6) is 5.75 Å². The quantitative estimate of drug-likeness (QED) is 0.309. The van der Waals surface area contributed by atoms with Gasteiger partial charge in [0.05, 0.1) is 11.5 Å². The zero-order chi connectivity index (χ0) is 23.0. The van der Waals surface area contributed by atoms with Gasteiger partial charge in [-0.2, -0.15) is 0 Å². The van der Waals surface area contributed by atoms with Gasteiger partial charge in [0.2, 0.25) is 0 Å². The first-order chi connectivity index (χ1) is 15.4. The van der Waals surface area contributed by atoms with Gasteiger partial charge in [-0.25, -0.2) is 8.42 Å². The zero-order valence-corrected chi connectivity index (χ0v) is 18.8. The van der Waals surface area contributed by atoms with Crippen molar-refractivity contribution >= 4 is 44.6 Å². The van der Waals surface area contributed by atoms with E-state index in [9.17, 15) is 13.2 Å². The number of hydrogen-bond acceptors (Lipinski definition) is 5. The van der Waals surface area contributed by atoms with Crippen molar-refractivity contribution in [3.8, 4) is 5.75 Å². The molecule has 1 amide bonds. The number of hydrogen-bond donors (Lipinski definition) is 4. The summed E-state index contributed by atoms with van der Waals surface area (Å²) >= 11 is 5.14. The Kier molecular flexibility index (Phi) is 7.63. The highest BCUT2D eigenvalue weighted by atomic mass is 32.2. The fourth-order valence-electron chi connectivity index (χ4n) is 2.67. The van der Waals surface area contributed by atoms with Crippen LogP contribution in [0.3, 0.4) is 0 Å².